The van der Waals surface area contributed by atoms with Crippen LogP contribution < -0.4 is 5.32 Å². The number of likely N-dealkylation sites (tertiary alicyclic amines) is 1. The van der Waals surface area contributed by atoms with Gasteiger partial charge in [0.15, 0.2) is 6.23 Å². The number of hydrogen-bond donors (Lipinski definition) is 2. The van der Waals surface area contributed by atoms with Gasteiger partial charge in [0.1, 0.15) is 6.61 Å². The first kappa shape index (κ1) is 17.6. The predicted octanol–water partition coefficient (Wildman–Crippen LogP) is 1.46. The third-order valence-corrected chi connectivity index (χ3v) is 3.78. The fourth-order valence-electron chi connectivity index (χ4n) is 2.75. The number of aliphatic carboxylic acids is 1. The summed E-state index contributed by atoms with van der Waals surface area (Å²) < 4.78 is 49.2. The van der Waals surface area contributed by atoms with Crippen molar-refractivity contribution in [1.29, 1.82) is 0 Å². The molecule has 0 aliphatic carbocycles. The normalized spacial score (nSPS) is 25.0. The van der Waals surface area contributed by atoms with Crippen molar-refractivity contribution in [3.8, 4) is 0 Å². The molecule has 9 heteroatoms. The Labute approximate surface area is 131 Å². The lowest BCUT2D eigenvalue weighted by Gasteiger charge is -2.32. The summed E-state index contributed by atoms with van der Waals surface area (Å²) in [7, 11) is 1.20. The molecule has 2 aliphatic heterocycles. The highest BCUT2D eigenvalue weighted by Gasteiger charge is 2.41. The van der Waals surface area contributed by atoms with Crippen LogP contribution in [0, 0.1) is 0 Å². The van der Waals surface area contributed by atoms with Gasteiger partial charge in [-0.1, -0.05) is 0 Å². The summed E-state index contributed by atoms with van der Waals surface area (Å²) in [5, 5.41) is 11.2. The third-order valence-electron chi connectivity index (χ3n) is 3.78. The zero-order valence-electron chi connectivity index (χ0n) is 12.6. The van der Waals surface area contributed by atoms with E-state index in [4.69, 9.17) is 14.6 Å². The van der Waals surface area contributed by atoms with Crippen molar-refractivity contribution in [3.63, 3.8) is 0 Å². The van der Waals surface area contributed by atoms with E-state index in [0.29, 0.717) is 12.2 Å². The minimum absolute atomic E-state index is 0.146. The van der Waals surface area contributed by atoms with E-state index in [1.807, 2.05) is 0 Å². The van der Waals surface area contributed by atoms with E-state index in [9.17, 15) is 18.0 Å². The summed E-state index contributed by atoms with van der Waals surface area (Å²) in [6.07, 6.45) is -1.63. The van der Waals surface area contributed by atoms with Gasteiger partial charge in [-0.2, -0.15) is 13.2 Å². The zero-order chi connectivity index (χ0) is 17.0. The van der Waals surface area contributed by atoms with Crippen LogP contribution in [-0.2, 0) is 14.3 Å². The van der Waals surface area contributed by atoms with Crippen LogP contribution in [-0.4, -0.2) is 61.3 Å². The van der Waals surface area contributed by atoms with Gasteiger partial charge in [-0.15, -0.1) is 0 Å². The Kier molecular flexibility index (Phi) is 5.53. The molecule has 0 aromatic rings. The van der Waals surface area contributed by atoms with Crippen LogP contribution in [0.5, 0.6) is 0 Å². The number of nitrogens with one attached hydrogen (secondary N) is 1. The molecule has 6 nitrogen and oxygen atoms in total. The number of halogens is 3. The van der Waals surface area contributed by atoms with Gasteiger partial charge in [-0.25, -0.2) is 4.79 Å². The number of carboxylic acid groups (broad SMARTS) is 1. The molecule has 0 bridgehead atoms. The molecule has 1 unspecified atom stereocenters. The molecule has 23 heavy (non-hydrogen) atoms. The summed E-state index contributed by atoms with van der Waals surface area (Å²) in [6, 6.07) is -0.146. The average Bonchev–Trinajstić information content (AvgIpc) is 2.93. The van der Waals surface area contributed by atoms with Crippen molar-refractivity contribution in [2.75, 3.05) is 26.9 Å². The van der Waals surface area contributed by atoms with E-state index in [2.05, 4.69) is 5.32 Å². The van der Waals surface area contributed by atoms with Crippen LogP contribution >= 0.6 is 0 Å². The lowest BCUT2D eigenvalue weighted by atomic mass is 10.1. The number of hydrogen-bond acceptors (Lipinski definition) is 5. The van der Waals surface area contributed by atoms with E-state index in [0.717, 1.165) is 18.9 Å². The molecule has 2 atom stereocenters. The number of allylic oxidation sites excluding steroid dienone is 1. The lowest BCUT2D eigenvalue weighted by Crippen LogP contribution is -2.41. The van der Waals surface area contributed by atoms with Crippen LogP contribution in [0.25, 0.3) is 0 Å². The smallest absolute Gasteiger partial charge is 0.417 e. The summed E-state index contributed by atoms with van der Waals surface area (Å²) >= 11 is 0. The van der Waals surface area contributed by atoms with Crippen LogP contribution in [0.3, 0.4) is 0 Å². The first-order valence-corrected chi connectivity index (χ1v) is 7.17. The predicted molar refractivity (Wildman–Crippen MR) is 74.3 cm³/mol. The molecule has 2 rings (SSSR count). The van der Waals surface area contributed by atoms with E-state index in [-0.39, 0.29) is 12.6 Å². The molecular weight excluding hydrogens is 317 g/mol. The van der Waals surface area contributed by atoms with Gasteiger partial charge in [0.2, 0.25) is 0 Å². The van der Waals surface area contributed by atoms with Crippen molar-refractivity contribution >= 4 is 5.97 Å². The Balaban J connectivity index is 2.09. The Bertz CT molecular complexity index is 505. The van der Waals surface area contributed by atoms with Crippen molar-refractivity contribution in [2.24, 2.45) is 0 Å². The molecule has 0 radical (unpaired) electrons. The Morgan fingerprint density at radius 3 is 2.87 bits per heavy atom. The number of rotatable bonds is 6. The summed E-state index contributed by atoms with van der Waals surface area (Å²) in [5.74, 6) is -1.07. The van der Waals surface area contributed by atoms with Crippen molar-refractivity contribution < 1.29 is 32.5 Å². The number of carboxylic acids is 1. The van der Waals surface area contributed by atoms with E-state index >= 15 is 0 Å². The van der Waals surface area contributed by atoms with Gasteiger partial charge in [-0.3, -0.25) is 0 Å². The third kappa shape index (κ3) is 4.38. The van der Waals surface area contributed by atoms with Gasteiger partial charge in [0.05, 0.1) is 23.9 Å². The number of methoxy groups -OCH3 is 1. The van der Waals surface area contributed by atoms with Crippen LogP contribution in [0.2, 0.25) is 0 Å². The first-order chi connectivity index (χ1) is 10.8. The number of carbonyl (C=O) groups is 1. The molecule has 2 aliphatic rings. The van der Waals surface area contributed by atoms with E-state index < -0.39 is 30.6 Å². The molecular formula is C14H19F3N2O4. The minimum atomic E-state index is -4.50. The lowest BCUT2D eigenvalue weighted by molar-refractivity contribution is -0.142. The van der Waals surface area contributed by atoms with Crippen LogP contribution in [0.4, 0.5) is 13.2 Å². The number of alkyl halides is 3. The summed E-state index contributed by atoms with van der Waals surface area (Å²) in [4.78, 5) is 12.3. The standard InChI is InChI=1S/C14H19F3N2O4/c1-22-13-11(14(15,16)17)5-10(6-18-13)19-4-2-3-9(19)7-23-8-12(20)21/h5-6,9,13,18H,2-4,7-8H2,1H3,(H,20,21)/t9-,13?/m0/s1. The number of nitrogens with zero attached hydrogens (tertiary/aromatic N) is 1. The Morgan fingerprint density at radius 2 is 2.26 bits per heavy atom. The topological polar surface area (TPSA) is 71.0 Å². The van der Waals surface area contributed by atoms with Gasteiger partial charge >= 0.3 is 12.1 Å². The number of dihydropyridines is 1. The zero-order valence-corrected chi connectivity index (χ0v) is 12.6. The van der Waals surface area contributed by atoms with Crippen molar-refractivity contribution in [2.45, 2.75) is 31.3 Å². The molecule has 0 saturated carbocycles. The van der Waals surface area contributed by atoms with E-state index in [1.165, 1.54) is 13.3 Å². The Morgan fingerprint density at radius 1 is 1.52 bits per heavy atom. The molecule has 0 amide bonds. The SMILES string of the molecule is COC1NC=C(N2CCC[C@H]2COCC(=O)O)C=C1C(F)(F)F. The summed E-state index contributed by atoms with van der Waals surface area (Å²) in [6.45, 7) is 0.331. The minimum Gasteiger partial charge on any atom is -0.480 e. The number of ether oxygens (including phenoxy) is 2. The largest absolute Gasteiger partial charge is 0.480 e. The van der Waals surface area contributed by atoms with Gasteiger partial charge in [0, 0.05) is 19.9 Å². The van der Waals surface area contributed by atoms with Crippen LogP contribution in [0.15, 0.2) is 23.5 Å². The quantitative estimate of drug-likeness (QED) is 0.765. The average molecular weight is 336 g/mol. The molecule has 2 heterocycles. The molecule has 0 aromatic heterocycles. The maximum absolute atomic E-state index is 13.1. The van der Waals surface area contributed by atoms with Crippen molar-refractivity contribution in [1.82, 2.24) is 10.2 Å². The molecule has 0 spiro atoms. The van der Waals surface area contributed by atoms with E-state index in [1.54, 1.807) is 4.90 Å². The van der Waals surface area contributed by atoms with Gasteiger partial charge in [0.25, 0.3) is 0 Å². The van der Waals surface area contributed by atoms with Gasteiger partial charge in [-0.05, 0) is 18.9 Å². The van der Waals surface area contributed by atoms with Gasteiger partial charge < -0.3 is 24.8 Å². The van der Waals surface area contributed by atoms with Crippen molar-refractivity contribution in [3.05, 3.63) is 23.5 Å². The second kappa shape index (κ2) is 7.22. The summed E-state index contributed by atoms with van der Waals surface area (Å²) in [5.41, 5.74) is -0.401. The molecule has 2 N–H and O–H groups in total. The maximum Gasteiger partial charge on any atom is 0.417 e. The molecule has 130 valence electrons. The molecule has 1 saturated heterocycles. The first-order valence-electron chi connectivity index (χ1n) is 7.17. The maximum atomic E-state index is 13.1. The fourth-order valence-corrected chi connectivity index (χ4v) is 2.75. The Hall–Kier alpha value is -1.74. The fraction of sp³-hybridized carbons (Fsp3) is 0.643. The molecule has 1 fully saturated rings. The molecule has 0 aromatic carbocycles. The second-order valence-electron chi connectivity index (χ2n) is 5.35. The monoisotopic (exact) mass is 336 g/mol. The highest BCUT2D eigenvalue weighted by atomic mass is 19.4. The second-order valence-corrected chi connectivity index (χ2v) is 5.35. The highest BCUT2D eigenvalue weighted by Crippen LogP contribution is 2.33. The van der Waals surface area contributed by atoms with Crippen LogP contribution in [0.1, 0.15) is 12.8 Å². The highest BCUT2D eigenvalue weighted by molar-refractivity contribution is 5.67.